The average Bonchev–Trinajstić information content (AvgIpc) is 1.97. The highest BCUT2D eigenvalue weighted by Gasteiger charge is 1.87. The Morgan fingerprint density at radius 2 is 1.70 bits per heavy atom. The predicted octanol–water partition coefficient (Wildman–Crippen LogP) is 3.86. The number of rotatable bonds is 7. The molecule has 0 aliphatic carbocycles. The molecule has 0 N–H and O–H groups in total. The molecule has 0 aromatic heterocycles. The summed E-state index contributed by atoms with van der Waals surface area (Å²) in [5.74, 6) is 0. The van der Waals surface area contributed by atoms with Crippen LogP contribution < -0.4 is 0 Å². The molecule has 0 bridgehead atoms. The van der Waals surface area contributed by atoms with Crippen molar-refractivity contribution in [2.75, 3.05) is 12.3 Å². The van der Waals surface area contributed by atoms with Gasteiger partial charge in [0.1, 0.15) is 0 Å². The van der Waals surface area contributed by atoms with Crippen molar-refractivity contribution in [3.63, 3.8) is 0 Å². The summed E-state index contributed by atoms with van der Waals surface area (Å²) in [5, 5.41) is 0. The van der Waals surface area contributed by atoms with Crippen LogP contribution in [0.15, 0.2) is 0 Å². The van der Waals surface area contributed by atoms with Gasteiger partial charge in [-0.05, 0) is 18.7 Å². The highest BCUT2D eigenvalue weighted by atomic mass is 32.0. The maximum Gasteiger partial charge on any atom is -0.0317 e. The van der Waals surface area contributed by atoms with Gasteiger partial charge in [0.15, 0.2) is 0 Å². The first kappa shape index (κ1) is 10.9. The van der Waals surface area contributed by atoms with Crippen LogP contribution in [0.5, 0.6) is 0 Å². The van der Waals surface area contributed by atoms with Crippen LogP contribution in [0.2, 0.25) is 0 Å². The molecule has 2 atom stereocenters. The number of hydrogen-bond donors (Lipinski definition) is 0. The van der Waals surface area contributed by atoms with Crippen molar-refractivity contribution in [3.8, 4) is 0 Å². The average molecular weight is 178 g/mol. The third-order valence-electron chi connectivity index (χ3n) is 1.46. The van der Waals surface area contributed by atoms with Gasteiger partial charge in [-0.15, -0.1) is 0 Å². The van der Waals surface area contributed by atoms with Gasteiger partial charge in [0.05, 0.1) is 0 Å². The molecule has 0 rings (SSSR count). The second-order valence-corrected chi connectivity index (χ2v) is 6.55. The van der Waals surface area contributed by atoms with Crippen molar-refractivity contribution in [1.29, 1.82) is 0 Å². The quantitative estimate of drug-likeness (QED) is 0.410. The minimum absolute atomic E-state index is 1.25. The van der Waals surface area contributed by atoms with E-state index in [9.17, 15) is 0 Å². The van der Waals surface area contributed by atoms with E-state index in [4.69, 9.17) is 0 Å². The van der Waals surface area contributed by atoms with Gasteiger partial charge in [-0.25, -0.2) is 0 Å². The molecule has 0 spiro atoms. The Bertz CT molecular complexity index is 47.2. The second-order valence-electron chi connectivity index (χ2n) is 2.52. The van der Waals surface area contributed by atoms with Gasteiger partial charge in [-0.2, -0.15) is 0 Å². The van der Waals surface area contributed by atoms with E-state index in [2.05, 4.69) is 13.8 Å². The molecule has 0 aliphatic rings. The summed E-state index contributed by atoms with van der Waals surface area (Å²) in [4.78, 5) is 0. The minimum atomic E-state index is 1.25. The standard InChI is InChI=1S/C8H20P2/c1-3-5-6-7-8-10-9-4-2/h9-10H,3-8H2,1-2H3. The highest BCUT2D eigenvalue weighted by molar-refractivity contribution is 8.11. The van der Waals surface area contributed by atoms with Gasteiger partial charge in [0, 0.05) is 0 Å². The fourth-order valence-corrected chi connectivity index (χ4v) is 3.52. The maximum absolute atomic E-state index is 2.29. The normalized spacial score (nSPS) is 12.6. The third kappa shape index (κ3) is 8.86. The minimum Gasteiger partial charge on any atom is -0.0995 e. The van der Waals surface area contributed by atoms with E-state index < -0.39 is 0 Å². The van der Waals surface area contributed by atoms with Gasteiger partial charge >= 0.3 is 0 Å². The van der Waals surface area contributed by atoms with Gasteiger partial charge < -0.3 is 0 Å². The number of unbranched alkanes of at least 4 members (excludes halogenated alkanes) is 3. The zero-order valence-electron chi connectivity index (χ0n) is 7.24. The van der Waals surface area contributed by atoms with Crippen molar-refractivity contribution in [2.45, 2.75) is 39.5 Å². The topological polar surface area (TPSA) is 0 Å². The van der Waals surface area contributed by atoms with Crippen molar-refractivity contribution in [2.24, 2.45) is 0 Å². The molecule has 0 saturated carbocycles. The van der Waals surface area contributed by atoms with Crippen LogP contribution in [-0.2, 0) is 0 Å². The lowest BCUT2D eigenvalue weighted by Gasteiger charge is -1.98. The lowest BCUT2D eigenvalue weighted by Crippen LogP contribution is -1.76. The first-order chi connectivity index (χ1) is 4.91. The molecular weight excluding hydrogens is 158 g/mol. The van der Waals surface area contributed by atoms with E-state index in [0.717, 1.165) is 0 Å². The molecule has 2 unspecified atom stereocenters. The molecule has 0 radical (unpaired) electrons. The Hall–Kier alpha value is 0.860. The fourth-order valence-electron chi connectivity index (χ4n) is 0.854. The Morgan fingerprint density at radius 1 is 0.900 bits per heavy atom. The largest absolute Gasteiger partial charge is 0.0995 e. The summed E-state index contributed by atoms with van der Waals surface area (Å²) in [6.45, 7) is 4.56. The van der Waals surface area contributed by atoms with Crippen molar-refractivity contribution in [3.05, 3.63) is 0 Å². The zero-order valence-corrected chi connectivity index (χ0v) is 9.24. The van der Waals surface area contributed by atoms with E-state index in [-0.39, 0.29) is 0 Å². The Labute approximate surface area is 69.0 Å². The third-order valence-corrected chi connectivity index (χ3v) is 5.22. The van der Waals surface area contributed by atoms with Crippen LogP contribution >= 0.6 is 16.5 Å². The Balaban J connectivity index is 2.65. The van der Waals surface area contributed by atoms with Crippen LogP contribution in [-0.4, -0.2) is 12.3 Å². The molecular formula is C8H20P2. The molecule has 0 fully saturated rings. The van der Waals surface area contributed by atoms with Gasteiger partial charge in [-0.3, -0.25) is 0 Å². The summed E-state index contributed by atoms with van der Waals surface area (Å²) >= 11 is 0. The molecule has 0 amide bonds. The summed E-state index contributed by atoms with van der Waals surface area (Å²) in [7, 11) is 2.53. The van der Waals surface area contributed by atoms with Gasteiger partial charge in [0.25, 0.3) is 0 Å². The van der Waals surface area contributed by atoms with Gasteiger partial charge in [0.2, 0.25) is 0 Å². The zero-order chi connectivity index (χ0) is 7.66. The summed E-state index contributed by atoms with van der Waals surface area (Å²) < 4.78 is 0. The Morgan fingerprint density at radius 3 is 2.30 bits per heavy atom. The molecule has 0 saturated heterocycles. The smallest absolute Gasteiger partial charge is 0.0317 e. The van der Waals surface area contributed by atoms with E-state index in [1.165, 1.54) is 54.5 Å². The van der Waals surface area contributed by atoms with Crippen molar-refractivity contribution >= 4 is 16.5 Å². The van der Waals surface area contributed by atoms with Crippen LogP contribution in [0.3, 0.4) is 0 Å². The SMILES string of the molecule is CCCCCCPPCC. The summed E-state index contributed by atoms with van der Waals surface area (Å²) in [6.07, 6.45) is 8.69. The highest BCUT2D eigenvalue weighted by Crippen LogP contribution is 2.36. The molecule has 2 heteroatoms. The fraction of sp³-hybridized carbons (Fsp3) is 1.00. The first-order valence-electron chi connectivity index (χ1n) is 4.37. The Kier molecular flexibility index (Phi) is 10.7. The molecule has 62 valence electrons. The number of hydrogen-bond acceptors (Lipinski definition) is 0. The van der Waals surface area contributed by atoms with E-state index in [1.54, 1.807) is 0 Å². The van der Waals surface area contributed by atoms with Crippen molar-refractivity contribution in [1.82, 2.24) is 0 Å². The molecule has 0 aromatic carbocycles. The van der Waals surface area contributed by atoms with Crippen LogP contribution in [0, 0.1) is 0 Å². The van der Waals surface area contributed by atoms with E-state index in [1.807, 2.05) is 0 Å². The molecule has 0 aliphatic heterocycles. The summed E-state index contributed by atoms with van der Waals surface area (Å²) in [6, 6.07) is 0. The first-order valence-corrected chi connectivity index (χ1v) is 7.79. The second kappa shape index (κ2) is 9.86. The lowest BCUT2D eigenvalue weighted by molar-refractivity contribution is 0.706. The van der Waals surface area contributed by atoms with Gasteiger partial charge in [-0.1, -0.05) is 49.6 Å². The van der Waals surface area contributed by atoms with Crippen molar-refractivity contribution < 1.29 is 0 Å². The summed E-state index contributed by atoms with van der Waals surface area (Å²) in [5.41, 5.74) is 0. The predicted molar refractivity (Wildman–Crippen MR) is 56.2 cm³/mol. The monoisotopic (exact) mass is 178 g/mol. The van der Waals surface area contributed by atoms with Crippen LogP contribution in [0.25, 0.3) is 0 Å². The van der Waals surface area contributed by atoms with Crippen LogP contribution in [0.1, 0.15) is 39.5 Å². The van der Waals surface area contributed by atoms with Crippen LogP contribution in [0.4, 0.5) is 0 Å². The molecule has 10 heavy (non-hydrogen) atoms. The molecule has 0 heterocycles. The molecule has 0 nitrogen and oxygen atoms in total. The van der Waals surface area contributed by atoms with E-state index >= 15 is 0 Å². The van der Waals surface area contributed by atoms with E-state index in [0.29, 0.717) is 0 Å². The maximum atomic E-state index is 2.29. The lowest BCUT2D eigenvalue weighted by atomic mass is 10.2. The molecule has 0 aromatic rings.